The molecule has 4 aromatic rings. The van der Waals surface area contributed by atoms with Crippen molar-refractivity contribution in [3.63, 3.8) is 0 Å². The van der Waals surface area contributed by atoms with E-state index in [1.165, 1.54) is 12.1 Å². The first-order valence-corrected chi connectivity index (χ1v) is 12.8. The summed E-state index contributed by atoms with van der Waals surface area (Å²) in [5.74, 6) is -0.165. The van der Waals surface area contributed by atoms with E-state index >= 15 is 0 Å². The minimum Gasteiger partial charge on any atom is -0.496 e. The van der Waals surface area contributed by atoms with Gasteiger partial charge in [-0.3, -0.25) is 0 Å². The smallest absolute Gasteiger partial charge is 0.416 e. The van der Waals surface area contributed by atoms with Crippen LogP contribution in [-0.2, 0) is 12.7 Å². The lowest BCUT2D eigenvalue weighted by Crippen LogP contribution is -2.31. The van der Waals surface area contributed by atoms with Gasteiger partial charge in [-0.2, -0.15) is 13.2 Å². The molecule has 0 saturated heterocycles. The minimum atomic E-state index is -4.44. The maximum Gasteiger partial charge on any atom is 0.416 e. The minimum absolute atomic E-state index is 0.0462. The van der Waals surface area contributed by atoms with Gasteiger partial charge in [-0.05, 0) is 68.5 Å². The molecule has 39 heavy (non-hydrogen) atoms. The monoisotopic (exact) mass is 538 g/mol. The van der Waals surface area contributed by atoms with Crippen LogP contribution >= 0.6 is 0 Å². The van der Waals surface area contributed by atoms with Gasteiger partial charge in [0.2, 0.25) is 5.82 Å². The molecular formula is C29H29F3N4O3. The molecule has 2 heterocycles. The lowest BCUT2D eigenvalue weighted by Gasteiger charge is -2.32. The molecule has 10 heteroatoms. The number of benzene rings is 2. The first-order chi connectivity index (χ1) is 18.5. The van der Waals surface area contributed by atoms with Gasteiger partial charge in [0.25, 0.3) is 0 Å². The van der Waals surface area contributed by atoms with Crippen molar-refractivity contribution in [1.82, 2.24) is 14.5 Å². The van der Waals surface area contributed by atoms with E-state index < -0.39 is 17.7 Å². The maximum atomic E-state index is 13.2. The number of nitrogens with zero attached hydrogens (tertiary/aromatic N) is 3. The van der Waals surface area contributed by atoms with Crippen LogP contribution < -0.4 is 10.1 Å². The van der Waals surface area contributed by atoms with Gasteiger partial charge >= 0.3 is 12.1 Å². The van der Waals surface area contributed by atoms with Crippen LogP contribution in [0.5, 0.6) is 5.75 Å². The van der Waals surface area contributed by atoms with Gasteiger partial charge < -0.3 is 19.7 Å². The predicted octanol–water partition coefficient (Wildman–Crippen LogP) is 6.78. The van der Waals surface area contributed by atoms with Crippen LogP contribution in [0.1, 0.15) is 53.5 Å². The molecule has 2 aromatic heterocycles. The zero-order chi connectivity index (χ0) is 27.9. The molecule has 1 aliphatic carbocycles. The quantitative estimate of drug-likeness (QED) is 0.257. The highest BCUT2D eigenvalue weighted by molar-refractivity contribution is 5.96. The number of aryl methyl sites for hydroxylation is 1. The van der Waals surface area contributed by atoms with Gasteiger partial charge in [0.15, 0.2) is 5.82 Å². The third-order valence-electron chi connectivity index (χ3n) is 7.41. The fourth-order valence-electron chi connectivity index (χ4n) is 5.03. The average molecular weight is 539 g/mol. The van der Waals surface area contributed by atoms with Crippen LogP contribution in [0.4, 0.5) is 19.0 Å². The number of hydrogen-bond donors (Lipinski definition) is 2. The Morgan fingerprint density at radius 3 is 2.46 bits per heavy atom. The fraction of sp³-hybridized carbons (Fsp3) is 0.345. The Balaban J connectivity index is 1.72. The zero-order valence-electron chi connectivity index (χ0n) is 21.8. The summed E-state index contributed by atoms with van der Waals surface area (Å²) in [5.41, 5.74) is 3.30. The van der Waals surface area contributed by atoms with Crippen LogP contribution in [0.25, 0.3) is 22.3 Å². The molecule has 1 aliphatic rings. The maximum absolute atomic E-state index is 13.2. The fourth-order valence-corrected chi connectivity index (χ4v) is 5.03. The summed E-state index contributed by atoms with van der Waals surface area (Å²) in [5, 5.41) is 13.2. The molecule has 0 unspecified atom stereocenters. The van der Waals surface area contributed by atoms with E-state index in [-0.39, 0.29) is 18.4 Å². The first-order valence-electron chi connectivity index (χ1n) is 12.8. The van der Waals surface area contributed by atoms with Gasteiger partial charge in [0, 0.05) is 18.2 Å². The largest absolute Gasteiger partial charge is 0.496 e. The summed E-state index contributed by atoms with van der Waals surface area (Å²) in [7, 11) is 1.56. The second kappa shape index (κ2) is 10.2. The number of rotatable bonds is 8. The van der Waals surface area contributed by atoms with Crippen molar-refractivity contribution in [2.45, 2.75) is 51.9 Å². The molecular weight excluding hydrogens is 509 g/mol. The second-order valence-electron chi connectivity index (χ2n) is 10.1. The standard InChI is InChI=1S/C29H29F3N4O3/c1-16-7-12-24(39-3)21(13-16)23-14-22-25(36(23)15-18-8-10-20(11-9-18)29(30,31)32)26(35-27(34-22)28(37)38)33-17(2)19-5-4-6-19/h7-14,17,19H,4-6,15H2,1-3H3,(H,37,38)(H,33,34,35)/t17-/m1/s1. The van der Waals surface area contributed by atoms with Crippen molar-refractivity contribution in [2.24, 2.45) is 5.92 Å². The van der Waals surface area contributed by atoms with Crippen molar-refractivity contribution in [3.05, 3.63) is 71.0 Å². The Bertz CT molecular complexity index is 1530. The average Bonchev–Trinajstić information content (AvgIpc) is 3.21. The molecule has 2 N–H and O–H groups in total. The number of alkyl halides is 3. The van der Waals surface area contributed by atoms with Gasteiger partial charge in [0.05, 0.1) is 23.9 Å². The van der Waals surface area contributed by atoms with Gasteiger partial charge in [0.1, 0.15) is 11.3 Å². The van der Waals surface area contributed by atoms with Gasteiger partial charge in [-0.25, -0.2) is 14.8 Å². The number of ether oxygens (including phenoxy) is 1. The van der Waals surface area contributed by atoms with Crippen molar-refractivity contribution in [2.75, 3.05) is 12.4 Å². The van der Waals surface area contributed by atoms with E-state index in [2.05, 4.69) is 15.3 Å². The number of carboxylic acid groups (broad SMARTS) is 1. The van der Waals surface area contributed by atoms with E-state index in [1.54, 1.807) is 13.2 Å². The lowest BCUT2D eigenvalue weighted by molar-refractivity contribution is -0.137. The first kappa shape index (κ1) is 26.5. The van der Waals surface area contributed by atoms with Gasteiger partial charge in [-0.1, -0.05) is 30.2 Å². The third-order valence-corrected chi connectivity index (χ3v) is 7.41. The molecule has 0 amide bonds. The zero-order valence-corrected chi connectivity index (χ0v) is 21.8. The Kier molecular flexibility index (Phi) is 6.96. The normalized spacial score (nSPS) is 14.7. The summed E-state index contributed by atoms with van der Waals surface area (Å²) in [4.78, 5) is 20.6. The molecule has 0 radical (unpaired) electrons. The highest BCUT2D eigenvalue weighted by Crippen LogP contribution is 2.38. The van der Waals surface area contributed by atoms with Crippen LogP contribution in [0.3, 0.4) is 0 Å². The summed E-state index contributed by atoms with van der Waals surface area (Å²) >= 11 is 0. The van der Waals surface area contributed by atoms with Crippen molar-refractivity contribution >= 4 is 22.8 Å². The number of anilines is 1. The number of aromatic nitrogens is 3. The van der Waals surface area contributed by atoms with E-state index in [1.807, 2.05) is 36.6 Å². The number of hydrogen-bond acceptors (Lipinski definition) is 5. The van der Waals surface area contributed by atoms with E-state index in [0.717, 1.165) is 42.5 Å². The summed E-state index contributed by atoms with van der Waals surface area (Å²) in [6.45, 7) is 4.20. The van der Waals surface area contributed by atoms with Crippen LogP contribution in [-0.4, -0.2) is 38.8 Å². The Morgan fingerprint density at radius 2 is 1.87 bits per heavy atom. The number of halogens is 3. The summed E-state index contributed by atoms with van der Waals surface area (Å²) in [6, 6.07) is 12.6. The molecule has 0 bridgehead atoms. The number of fused-ring (bicyclic) bond motifs is 1. The molecule has 1 fully saturated rings. The van der Waals surface area contributed by atoms with Crippen molar-refractivity contribution in [1.29, 1.82) is 0 Å². The van der Waals surface area contributed by atoms with E-state index in [0.29, 0.717) is 39.8 Å². The molecule has 0 spiro atoms. The SMILES string of the molecule is COc1ccc(C)cc1-c1cc2nc(C(=O)O)nc(N[C@H](C)C3CCC3)c2n1Cc1ccc(C(F)(F)F)cc1. The molecule has 7 nitrogen and oxygen atoms in total. The molecule has 5 rings (SSSR count). The second-order valence-corrected chi connectivity index (χ2v) is 10.1. The highest BCUT2D eigenvalue weighted by Gasteiger charge is 2.30. The van der Waals surface area contributed by atoms with E-state index in [4.69, 9.17) is 4.74 Å². The topological polar surface area (TPSA) is 89.3 Å². The lowest BCUT2D eigenvalue weighted by atomic mass is 9.80. The number of nitrogens with one attached hydrogen (secondary N) is 1. The molecule has 0 aliphatic heterocycles. The van der Waals surface area contributed by atoms with Crippen molar-refractivity contribution in [3.8, 4) is 17.0 Å². The Hall–Kier alpha value is -4.08. The molecule has 204 valence electrons. The number of aromatic carboxylic acids is 1. The van der Waals surface area contributed by atoms with Crippen LogP contribution in [0.2, 0.25) is 0 Å². The van der Waals surface area contributed by atoms with Crippen LogP contribution in [0.15, 0.2) is 48.5 Å². The molecule has 2 aromatic carbocycles. The molecule has 1 saturated carbocycles. The highest BCUT2D eigenvalue weighted by atomic mass is 19.4. The summed E-state index contributed by atoms with van der Waals surface area (Å²) in [6.07, 6.45) is -1.13. The number of carbonyl (C=O) groups is 1. The number of carboxylic acids is 1. The third kappa shape index (κ3) is 5.28. The molecule has 1 atom stereocenters. The summed E-state index contributed by atoms with van der Waals surface area (Å²) < 4.78 is 47.1. The van der Waals surface area contributed by atoms with E-state index in [9.17, 15) is 23.1 Å². The van der Waals surface area contributed by atoms with Gasteiger partial charge in [-0.15, -0.1) is 0 Å². The van der Waals surface area contributed by atoms with Crippen molar-refractivity contribution < 1.29 is 27.8 Å². The number of methoxy groups -OCH3 is 1. The Morgan fingerprint density at radius 1 is 1.15 bits per heavy atom. The Labute approximate surface area is 223 Å². The van der Waals surface area contributed by atoms with Crippen LogP contribution in [0, 0.1) is 12.8 Å². The predicted molar refractivity (Wildman–Crippen MR) is 142 cm³/mol.